The van der Waals surface area contributed by atoms with Crippen molar-refractivity contribution in [3.63, 3.8) is 0 Å². The van der Waals surface area contributed by atoms with E-state index < -0.39 is 11.7 Å². The molecule has 1 fully saturated rings. The second-order valence-electron chi connectivity index (χ2n) is 10.2. The van der Waals surface area contributed by atoms with Gasteiger partial charge in [0, 0.05) is 18.9 Å². The van der Waals surface area contributed by atoms with E-state index in [2.05, 4.69) is 59.9 Å². The second kappa shape index (κ2) is 13.3. The molecule has 1 aliphatic rings. The molecule has 1 aliphatic heterocycles. The Morgan fingerprint density at radius 3 is 2.40 bits per heavy atom. The van der Waals surface area contributed by atoms with E-state index >= 15 is 0 Å². The number of fused-ring (bicyclic) bond motifs is 1. The number of alkyl halides is 3. The van der Waals surface area contributed by atoms with Gasteiger partial charge in [-0.2, -0.15) is 13.2 Å². The van der Waals surface area contributed by atoms with Gasteiger partial charge in [-0.05, 0) is 70.8 Å². The number of rotatable bonds is 11. The molecule has 0 aliphatic carbocycles. The summed E-state index contributed by atoms with van der Waals surface area (Å²) in [4.78, 5) is 0. The molecule has 210 valence electrons. The Kier molecular flexibility index (Phi) is 9.37. The van der Waals surface area contributed by atoms with Crippen LogP contribution >= 0.6 is 0 Å². The highest BCUT2D eigenvalue weighted by molar-refractivity contribution is 5.82. The third kappa shape index (κ3) is 7.62. The molecule has 1 heterocycles. The maximum atomic E-state index is 12.8. The Hall–Kier alpha value is -3.39. The number of nitrogens with one attached hydrogen (secondary N) is 1. The zero-order chi connectivity index (χ0) is 27.8. The first-order valence-electron chi connectivity index (χ1n) is 13.7. The minimum Gasteiger partial charge on any atom is -0.494 e. The molecular weight excluding hydrogens is 515 g/mol. The van der Waals surface area contributed by atoms with Crippen molar-refractivity contribution >= 4 is 10.8 Å². The van der Waals surface area contributed by atoms with E-state index in [1.54, 1.807) is 6.07 Å². The smallest absolute Gasteiger partial charge is 0.416 e. The van der Waals surface area contributed by atoms with Crippen molar-refractivity contribution in [3.8, 4) is 5.75 Å². The fraction of sp³-hybridized carbons (Fsp3) is 0.333. The summed E-state index contributed by atoms with van der Waals surface area (Å²) >= 11 is 0. The van der Waals surface area contributed by atoms with E-state index in [0.29, 0.717) is 37.7 Å². The molecule has 4 aromatic carbocycles. The van der Waals surface area contributed by atoms with Gasteiger partial charge in [0.05, 0.1) is 38.1 Å². The molecule has 0 amide bonds. The highest BCUT2D eigenvalue weighted by Crippen LogP contribution is 2.31. The van der Waals surface area contributed by atoms with Crippen molar-refractivity contribution in [1.82, 2.24) is 5.32 Å². The van der Waals surface area contributed by atoms with Crippen LogP contribution in [0.2, 0.25) is 0 Å². The molecule has 1 N–H and O–H groups in total. The fourth-order valence-electron chi connectivity index (χ4n) is 5.11. The SMILES string of the molecule is FC(F)(F)c1cccc(COCCCOc2ccc(C3CCNCC3OCc3ccc4ccccc4c3)cc2)c1. The highest BCUT2D eigenvalue weighted by atomic mass is 19.4. The molecule has 5 rings (SSSR count). The first-order valence-corrected chi connectivity index (χ1v) is 13.7. The zero-order valence-electron chi connectivity index (χ0n) is 22.3. The van der Waals surface area contributed by atoms with Crippen LogP contribution in [0.1, 0.15) is 41.0 Å². The molecule has 7 heteroatoms. The molecule has 0 bridgehead atoms. The number of hydrogen-bond acceptors (Lipinski definition) is 4. The van der Waals surface area contributed by atoms with E-state index in [1.165, 1.54) is 28.0 Å². The topological polar surface area (TPSA) is 39.7 Å². The summed E-state index contributed by atoms with van der Waals surface area (Å²) in [7, 11) is 0. The van der Waals surface area contributed by atoms with Crippen LogP contribution < -0.4 is 10.1 Å². The minimum atomic E-state index is -4.35. The zero-order valence-corrected chi connectivity index (χ0v) is 22.3. The Balaban J connectivity index is 1.06. The normalized spacial score (nSPS) is 17.7. The summed E-state index contributed by atoms with van der Waals surface area (Å²) in [5.74, 6) is 1.09. The maximum Gasteiger partial charge on any atom is 0.416 e. The Morgan fingerprint density at radius 2 is 1.57 bits per heavy atom. The lowest BCUT2D eigenvalue weighted by Crippen LogP contribution is -2.40. The monoisotopic (exact) mass is 549 g/mol. The molecule has 0 radical (unpaired) electrons. The third-order valence-electron chi connectivity index (χ3n) is 7.24. The quantitative estimate of drug-likeness (QED) is 0.197. The fourth-order valence-corrected chi connectivity index (χ4v) is 5.11. The summed E-state index contributed by atoms with van der Waals surface area (Å²) in [6, 6.07) is 28.2. The average Bonchev–Trinajstić information content (AvgIpc) is 2.98. The lowest BCUT2D eigenvalue weighted by atomic mass is 9.87. The van der Waals surface area contributed by atoms with Gasteiger partial charge in [-0.1, -0.05) is 60.7 Å². The van der Waals surface area contributed by atoms with Gasteiger partial charge in [0.25, 0.3) is 0 Å². The van der Waals surface area contributed by atoms with E-state index in [4.69, 9.17) is 14.2 Å². The van der Waals surface area contributed by atoms with Crippen molar-refractivity contribution in [1.29, 1.82) is 0 Å². The van der Waals surface area contributed by atoms with Gasteiger partial charge in [0.15, 0.2) is 0 Å². The Labute approximate surface area is 233 Å². The van der Waals surface area contributed by atoms with Crippen LogP contribution in [-0.2, 0) is 28.9 Å². The lowest BCUT2D eigenvalue weighted by Gasteiger charge is -2.32. The van der Waals surface area contributed by atoms with Crippen molar-refractivity contribution in [2.24, 2.45) is 0 Å². The van der Waals surface area contributed by atoms with Gasteiger partial charge in [-0.3, -0.25) is 0 Å². The Morgan fingerprint density at radius 1 is 0.775 bits per heavy atom. The van der Waals surface area contributed by atoms with Crippen molar-refractivity contribution in [2.45, 2.75) is 44.3 Å². The van der Waals surface area contributed by atoms with Gasteiger partial charge in [0.1, 0.15) is 5.75 Å². The van der Waals surface area contributed by atoms with Gasteiger partial charge in [-0.25, -0.2) is 0 Å². The molecule has 0 saturated carbocycles. The van der Waals surface area contributed by atoms with E-state index in [9.17, 15) is 13.2 Å². The van der Waals surface area contributed by atoms with Crippen LogP contribution in [0.5, 0.6) is 5.75 Å². The molecule has 40 heavy (non-hydrogen) atoms. The van der Waals surface area contributed by atoms with E-state index in [0.717, 1.165) is 37.4 Å². The van der Waals surface area contributed by atoms with Crippen molar-refractivity contribution in [2.75, 3.05) is 26.3 Å². The molecule has 0 spiro atoms. The second-order valence-corrected chi connectivity index (χ2v) is 10.2. The first kappa shape index (κ1) is 28.1. The number of ether oxygens (including phenoxy) is 3. The number of hydrogen-bond donors (Lipinski definition) is 1. The number of piperidine rings is 1. The number of benzene rings is 4. The predicted molar refractivity (Wildman–Crippen MR) is 150 cm³/mol. The third-order valence-corrected chi connectivity index (χ3v) is 7.24. The van der Waals surface area contributed by atoms with Crippen LogP contribution in [-0.4, -0.2) is 32.4 Å². The standard InChI is InChI=1S/C33H34F3NO3/c34-33(35,36)29-8-3-5-24(20-29)22-38-17-4-18-39-30-13-11-27(12-14-30)31-15-16-37-21-32(31)40-23-25-9-10-26-6-1-2-7-28(26)19-25/h1-3,5-14,19-20,31-32,37H,4,15-18,21-23H2. The van der Waals surface area contributed by atoms with Gasteiger partial charge >= 0.3 is 6.18 Å². The average molecular weight is 550 g/mol. The first-order chi connectivity index (χ1) is 19.5. The molecule has 2 unspecified atom stereocenters. The van der Waals surface area contributed by atoms with E-state index in [-0.39, 0.29) is 12.7 Å². The molecule has 2 atom stereocenters. The largest absolute Gasteiger partial charge is 0.494 e. The minimum absolute atomic E-state index is 0.0842. The van der Waals surface area contributed by atoms with E-state index in [1.807, 2.05) is 12.1 Å². The Bertz CT molecular complexity index is 1370. The lowest BCUT2D eigenvalue weighted by molar-refractivity contribution is -0.137. The maximum absolute atomic E-state index is 12.8. The van der Waals surface area contributed by atoms with Crippen LogP contribution in [0.4, 0.5) is 13.2 Å². The summed E-state index contributed by atoms with van der Waals surface area (Å²) in [6.45, 7) is 3.35. The van der Waals surface area contributed by atoms with Crippen LogP contribution in [0.25, 0.3) is 10.8 Å². The summed E-state index contributed by atoms with van der Waals surface area (Å²) < 4.78 is 56.3. The summed E-state index contributed by atoms with van der Waals surface area (Å²) in [6.07, 6.45) is -2.62. The van der Waals surface area contributed by atoms with Gasteiger partial charge in [0.2, 0.25) is 0 Å². The molecule has 1 saturated heterocycles. The van der Waals surface area contributed by atoms with Crippen molar-refractivity contribution in [3.05, 3.63) is 113 Å². The number of halogens is 3. The molecule has 4 nitrogen and oxygen atoms in total. The van der Waals surface area contributed by atoms with Crippen LogP contribution in [0.3, 0.4) is 0 Å². The molecular formula is C33H34F3NO3. The molecule has 0 aromatic heterocycles. The predicted octanol–water partition coefficient (Wildman–Crippen LogP) is 7.51. The van der Waals surface area contributed by atoms with Gasteiger partial charge in [-0.15, -0.1) is 0 Å². The summed E-state index contributed by atoms with van der Waals surface area (Å²) in [5.41, 5.74) is 2.25. The highest BCUT2D eigenvalue weighted by Gasteiger charge is 2.30. The van der Waals surface area contributed by atoms with Crippen molar-refractivity contribution < 1.29 is 27.4 Å². The molecule has 4 aromatic rings. The van der Waals surface area contributed by atoms with Crippen LogP contribution in [0, 0.1) is 0 Å². The van der Waals surface area contributed by atoms with Gasteiger partial charge < -0.3 is 19.5 Å². The summed E-state index contributed by atoms with van der Waals surface area (Å²) in [5, 5.41) is 5.92. The van der Waals surface area contributed by atoms with Crippen LogP contribution in [0.15, 0.2) is 91.0 Å².